The molecule has 0 aliphatic rings. The molecule has 0 spiro atoms. The second kappa shape index (κ2) is 7.72. The minimum atomic E-state index is -0.848. The van der Waals surface area contributed by atoms with Gasteiger partial charge in [0.2, 0.25) is 5.43 Å². The van der Waals surface area contributed by atoms with Crippen LogP contribution in [0, 0.1) is 0 Å². The van der Waals surface area contributed by atoms with Crippen molar-refractivity contribution in [1.82, 2.24) is 15.1 Å². The minimum Gasteiger partial charge on any atom is -0.452 e. The zero-order valence-corrected chi connectivity index (χ0v) is 14.0. The summed E-state index contributed by atoms with van der Waals surface area (Å²) in [6, 6.07) is 7.05. The molecular weight excluding hydrogens is 310 g/mol. The maximum atomic E-state index is 11.9. The number of para-hydroxylation sites is 1. The minimum absolute atomic E-state index is 0.0182. The van der Waals surface area contributed by atoms with E-state index < -0.39 is 12.1 Å². The second-order valence-electron chi connectivity index (χ2n) is 5.79. The standard InChI is InChI=1S/C17H21N3O4/c1-11(2)19-17(23)12(3)24-16(22)8-9-20-14-7-5-4-6-13(14)15(21)10-18-20/h4-7,10-12H,8-9H2,1-3H3,(H,19,23). The third-order valence-corrected chi connectivity index (χ3v) is 3.40. The van der Waals surface area contributed by atoms with Crippen LogP contribution in [0.4, 0.5) is 0 Å². The van der Waals surface area contributed by atoms with Gasteiger partial charge in [0.1, 0.15) is 0 Å². The third kappa shape index (κ3) is 4.41. The molecule has 128 valence electrons. The normalized spacial score (nSPS) is 12.2. The Morgan fingerprint density at radius 2 is 1.96 bits per heavy atom. The van der Waals surface area contributed by atoms with Crippen LogP contribution in [0.5, 0.6) is 0 Å². The molecule has 1 amide bonds. The summed E-state index contributed by atoms with van der Waals surface area (Å²) in [5.74, 6) is -0.823. The number of carbonyl (C=O) groups excluding carboxylic acids is 2. The van der Waals surface area contributed by atoms with Crippen molar-refractivity contribution in [2.45, 2.75) is 45.9 Å². The number of fused-ring (bicyclic) bond motifs is 1. The largest absolute Gasteiger partial charge is 0.452 e. The third-order valence-electron chi connectivity index (χ3n) is 3.40. The molecule has 1 heterocycles. The monoisotopic (exact) mass is 331 g/mol. The average molecular weight is 331 g/mol. The van der Waals surface area contributed by atoms with E-state index >= 15 is 0 Å². The number of carbonyl (C=O) groups is 2. The van der Waals surface area contributed by atoms with Crippen LogP contribution in [-0.4, -0.2) is 33.8 Å². The van der Waals surface area contributed by atoms with E-state index in [0.717, 1.165) is 0 Å². The maximum Gasteiger partial charge on any atom is 0.308 e. The lowest BCUT2D eigenvalue weighted by Gasteiger charge is -2.15. The van der Waals surface area contributed by atoms with Crippen LogP contribution >= 0.6 is 0 Å². The molecule has 0 fully saturated rings. The summed E-state index contributed by atoms with van der Waals surface area (Å²) in [7, 11) is 0. The summed E-state index contributed by atoms with van der Waals surface area (Å²) in [6.45, 7) is 5.46. The van der Waals surface area contributed by atoms with Crippen LogP contribution in [0.15, 0.2) is 35.3 Å². The summed E-state index contributed by atoms with van der Waals surface area (Å²) >= 11 is 0. The summed E-state index contributed by atoms with van der Waals surface area (Å²) in [6.07, 6.45) is 0.435. The fraction of sp³-hybridized carbons (Fsp3) is 0.412. The van der Waals surface area contributed by atoms with E-state index in [1.165, 1.54) is 13.1 Å². The Morgan fingerprint density at radius 3 is 2.67 bits per heavy atom. The van der Waals surface area contributed by atoms with E-state index in [0.29, 0.717) is 10.9 Å². The van der Waals surface area contributed by atoms with Gasteiger partial charge in [0.05, 0.1) is 24.7 Å². The molecule has 7 heteroatoms. The average Bonchev–Trinajstić information content (AvgIpc) is 2.54. The lowest BCUT2D eigenvalue weighted by atomic mass is 10.2. The van der Waals surface area contributed by atoms with Crippen molar-refractivity contribution < 1.29 is 14.3 Å². The molecule has 24 heavy (non-hydrogen) atoms. The van der Waals surface area contributed by atoms with Crippen molar-refractivity contribution in [3.63, 3.8) is 0 Å². The highest BCUT2D eigenvalue weighted by atomic mass is 16.5. The summed E-state index contributed by atoms with van der Waals surface area (Å²) in [4.78, 5) is 35.4. The molecule has 0 aliphatic heterocycles. The number of aryl methyl sites for hydroxylation is 1. The number of hydrogen-bond donors (Lipinski definition) is 1. The van der Waals surface area contributed by atoms with Crippen molar-refractivity contribution in [1.29, 1.82) is 0 Å². The zero-order chi connectivity index (χ0) is 17.7. The molecule has 2 rings (SSSR count). The number of amides is 1. The highest BCUT2D eigenvalue weighted by Gasteiger charge is 2.18. The Hall–Kier alpha value is -2.70. The van der Waals surface area contributed by atoms with Gasteiger partial charge in [0.25, 0.3) is 5.91 Å². The van der Waals surface area contributed by atoms with Crippen LogP contribution in [0.2, 0.25) is 0 Å². The van der Waals surface area contributed by atoms with Crippen molar-refractivity contribution in [3.05, 3.63) is 40.7 Å². The quantitative estimate of drug-likeness (QED) is 0.804. The highest BCUT2D eigenvalue weighted by molar-refractivity contribution is 5.83. The van der Waals surface area contributed by atoms with Crippen LogP contribution < -0.4 is 10.7 Å². The smallest absolute Gasteiger partial charge is 0.308 e. The molecule has 0 saturated carbocycles. The zero-order valence-electron chi connectivity index (χ0n) is 14.0. The van der Waals surface area contributed by atoms with Gasteiger partial charge in [-0.2, -0.15) is 5.10 Å². The Labute approximate surface area is 139 Å². The maximum absolute atomic E-state index is 11.9. The fourth-order valence-electron chi connectivity index (χ4n) is 2.25. The molecule has 1 aromatic carbocycles. The number of ether oxygens (including phenoxy) is 1. The van der Waals surface area contributed by atoms with Gasteiger partial charge in [0, 0.05) is 11.4 Å². The molecule has 0 radical (unpaired) electrons. The van der Waals surface area contributed by atoms with Crippen LogP contribution in [0.3, 0.4) is 0 Å². The molecule has 1 N–H and O–H groups in total. The van der Waals surface area contributed by atoms with Crippen LogP contribution in [-0.2, 0) is 20.9 Å². The summed E-state index contributed by atoms with van der Waals surface area (Å²) in [5.41, 5.74) is 0.492. The summed E-state index contributed by atoms with van der Waals surface area (Å²) < 4.78 is 6.70. The van der Waals surface area contributed by atoms with E-state index in [-0.39, 0.29) is 30.3 Å². The first kappa shape index (κ1) is 17.7. The lowest BCUT2D eigenvalue weighted by molar-refractivity contribution is -0.155. The number of nitrogens with zero attached hydrogens (tertiary/aromatic N) is 2. The van der Waals surface area contributed by atoms with Crippen molar-refractivity contribution in [2.75, 3.05) is 0 Å². The molecule has 0 aliphatic carbocycles. The lowest BCUT2D eigenvalue weighted by Crippen LogP contribution is -2.39. The first-order valence-electron chi connectivity index (χ1n) is 7.83. The first-order chi connectivity index (χ1) is 11.4. The van der Waals surface area contributed by atoms with Crippen LogP contribution in [0.25, 0.3) is 10.9 Å². The molecule has 0 bridgehead atoms. The van der Waals surface area contributed by atoms with Gasteiger partial charge in [0.15, 0.2) is 6.10 Å². The van der Waals surface area contributed by atoms with Gasteiger partial charge in [-0.05, 0) is 32.9 Å². The van der Waals surface area contributed by atoms with Gasteiger partial charge < -0.3 is 10.1 Å². The molecule has 1 aromatic heterocycles. The van der Waals surface area contributed by atoms with E-state index in [1.54, 1.807) is 28.9 Å². The topological polar surface area (TPSA) is 90.3 Å². The molecule has 7 nitrogen and oxygen atoms in total. The van der Waals surface area contributed by atoms with Gasteiger partial charge in [-0.25, -0.2) is 0 Å². The number of aromatic nitrogens is 2. The Balaban J connectivity index is 1.99. The van der Waals surface area contributed by atoms with E-state index in [4.69, 9.17) is 4.74 Å². The van der Waals surface area contributed by atoms with Gasteiger partial charge in [-0.3, -0.25) is 19.1 Å². The van der Waals surface area contributed by atoms with E-state index in [2.05, 4.69) is 10.4 Å². The number of benzene rings is 1. The Morgan fingerprint density at radius 1 is 1.25 bits per heavy atom. The van der Waals surface area contributed by atoms with Crippen molar-refractivity contribution in [3.8, 4) is 0 Å². The Bertz CT molecular complexity index is 798. The first-order valence-corrected chi connectivity index (χ1v) is 7.83. The number of nitrogens with one attached hydrogen (secondary N) is 1. The molecule has 0 saturated heterocycles. The molecular formula is C17H21N3O4. The predicted octanol–water partition coefficient (Wildman–Crippen LogP) is 1.24. The van der Waals surface area contributed by atoms with E-state index in [9.17, 15) is 14.4 Å². The number of esters is 1. The van der Waals surface area contributed by atoms with Crippen molar-refractivity contribution in [2.24, 2.45) is 0 Å². The SMILES string of the molecule is CC(C)NC(=O)C(C)OC(=O)CCn1ncc(=O)c2ccccc21. The van der Waals surface area contributed by atoms with Crippen molar-refractivity contribution >= 4 is 22.8 Å². The predicted molar refractivity (Wildman–Crippen MR) is 89.5 cm³/mol. The van der Waals surface area contributed by atoms with Gasteiger partial charge >= 0.3 is 5.97 Å². The molecule has 1 atom stereocenters. The van der Waals surface area contributed by atoms with E-state index in [1.807, 2.05) is 13.8 Å². The highest BCUT2D eigenvalue weighted by Crippen LogP contribution is 2.08. The van der Waals surface area contributed by atoms with Gasteiger partial charge in [-0.1, -0.05) is 12.1 Å². The number of rotatable bonds is 6. The van der Waals surface area contributed by atoms with Crippen LogP contribution in [0.1, 0.15) is 27.2 Å². The molecule has 2 aromatic rings. The fourth-order valence-corrected chi connectivity index (χ4v) is 2.25. The molecule has 1 unspecified atom stereocenters. The summed E-state index contributed by atoms with van der Waals surface area (Å²) in [5, 5.41) is 7.28. The second-order valence-corrected chi connectivity index (χ2v) is 5.79. The number of hydrogen-bond acceptors (Lipinski definition) is 5. The van der Waals surface area contributed by atoms with Gasteiger partial charge in [-0.15, -0.1) is 0 Å². The Kier molecular flexibility index (Phi) is 5.68.